The number of hydrogen-bond acceptors (Lipinski definition) is 5. The normalized spacial score (nSPS) is 12.5. The molecule has 0 spiro atoms. The predicted molar refractivity (Wildman–Crippen MR) is 89.4 cm³/mol. The lowest BCUT2D eigenvalue weighted by Gasteiger charge is -2.17. The highest BCUT2D eigenvalue weighted by Crippen LogP contribution is 2.16. The van der Waals surface area contributed by atoms with E-state index in [1.165, 1.54) is 16.9 Å². The van der Waals surface area contributed by atoms with Crippen LogP contribution < -0.4 is 10.3 Å². The van der Waals surface area contributed by atoms with Gasteiger partial charge >= 0.3 is 0 Å². The van der Waals surface area contributed by atoms with E-state index in [2.05, 4.69) is 16.1 Å². The molecule has 3 aromatic rings. The van der Waals surface area contributed by atoms with Crippen molar-refractivity contribution < 1.29 is 9.84 Å². The van der Waals surface area contributed by atoms with Gasteiger partial charge in [0.25, 0.3) is 5.56 Å². The van der Waals surface area contributed by atoms with Gasteiger partial charge in [0.15, 0.2) is 0 Å². The summed E-state index contributed by atoms with van der Waals surface area (Å²) in [6.45, 7) is 6.21. The lowest BCUT2D eigenvalue weighted by Crippen LogP contribution is -2.28. The van der Waals surface area contributed by atoms with Crippen molar-refractivity contribution in [2.75, 3.05) is 6.61 Å². The van der Waals surface area contributed by atoms with E-state index in [1.807, 2.05) is 26.0 Å². The third-order valence-electron chi connectivity index (χ3n) is 3.77. The van der Waals surface area contributed by atoms with E-state index in [1.54, 1.807) is 11.5 Å². The van der Waals surface area contributed by atoms with Crippen molar-refractivity contribution >= 4 is 5.78 Å². The monoisotopic (exact) mass is 328 g/mol. The molecule has 2 aromatic heterocycles. The van der Waals surface area contributed by atoms with E-state index in [0.717, 1.165) is 16.9 Å². The summed E-state index contributed by atoms with van der Waals surface area (Å²) < 4.78 is 8.66. The second kappa shape index (κ2) is 6.45. The topological polar surface area (TPSA) is 81.7 Å². The highest BCUT2D eigenvalue weighted by Gasteiger charge is 2.13. The Labute approximate surface area is 139 Å². The van der Waals surface area contributed by atoms with Crippen molar-refractivity contribution in [2.45, 2.75) is 33.4 Å². The number of nitrogens with zero attached hydrogens (tertiary/aromatic N) is 4. The summed E-state index contributed by atoms with van der Waals surface area (Å²) in [5, 5.41) is 14.2. The third kappa shape index (κ3) is 3.30. The number of aryl methyl sites for hydroxylation is 3. The van der Waals surface area contributed by atoms with E-state index in [9.17, 15) is 9.90 Å². The van der Waals surface area contributed by atoms with E-state index < -0.39 is 6.10 Å². The van der Waals surface area contributed by atoms with Gasteiger partial charge < -0.3 is 14.4 Å². The Kier molecular flexibility index (Phi) is 4.35. The first-order valence-corrected chi connectivity index (χ1v) is 7.73. The number of hydrogen-bond donors (Lipinski definition) is 1. The maximum Gasteiger partial charge on any atom is 0.275 e. The Bertz CT molecular complexity index is 909. The highest BCUT2D eigenvalue weighted by molar-refractivity contribution is 5.33. The first-order chi connectivity index (χ1) is 11.4. The minimum Gasteiger partial charge on any atom is -0.491 e. The van der Waals surface area contributed by atoms with E-state index in [4.69, 9.17) is 4.74 Å². The smallest absolute Gasteiger partial charge is 0.275 e. The predicted octanol–water partition coefficient (Wildman–Crippen LogP) is 1.26. The molecule has 0 amide bonds. The Hall–Kier alpha value is -2.67. The molecule has 1 N–H and O–H groups in total. The van der Waals surface area contributed by atoms with Crippen LogP contribution >= 0.6 is 0 Å². The van der Waals surface area contributed by atoms with Crippen LogP contribution in [0.15, 0.2) is 35.4 Å². The second-order valence-corrected chi connectivity index (χ2v) is 5.99. The van der Waals surface area contributed by atoms with Gasteiger partial charge in [0.2, 0.25) is 5.78 Å². The van der Waals surface area contributed by atoms with Crippen LogP contribution in [0.5, 0.6) is 5.75 Å². The lowest BCUT2D eigenvalue weighted by molar-refractivity contribution is 0.0924. The fraction of sp³-hybridized carbons (Fsp3) is 0.353. The van der Waals surface area contributed by atoms with Gasteiger partial charge in [0.1, 0.15) is 24.8 Å². The van der Waals surface area contributed by atoms with Crippen LogP contribution in [0.3, 0.4) is 0 Å². The third-order valence-corrected chi connectivity index (χ3v) is 3.77. The molecular formula is C17H20N4O3. The first kappa shape index (κ1) is 16.2. The summed E-state index contributed by atoms with van der Waals surface area (Å²) in [4.78, 5) is 15.9. The van der Waals surface area contributed by atoms with Crippen molar-refractivity contribution in [1.82, 2.24) is 19.2 Å². The molecule has 126 valence electrons. The van der Waals surface area contributed by atoms with Gasteiger partial charge in [-0.2, -0.15) is 14.6 Å². The van der Waals surface area contributed by atoms with Gasteiger partial charge in [-0.1, -0.05) is 6.07 Å². The number of aliphatic hydroxyl groups is 1. The second-order valence-electron chi connectivity index (χ2n) is 5.99. The molecule has 2 heterocycles. The summed E-state index contributed by atoms with van der Waals surface area (Å²) in [5.74, 6) is 1.14. The molecule has 7 nitrogen and oxygen atoms in total. The van der Waals surface area contributed by atoms with Gasteiger partial charge in [-0.3, -0.25) is 4.79 Å². The Balaban J connectivity index is 1.74. The Morgan fingerprint density at radius 3 is 2.58 bits per heavy atom. The number of benzene rings is 1. The molecular weight excluding hydrogens is 308 g/mol. The van der Waals surface area contributed by atoms with E-state index in [0.29, 0.717) is 11.5 Å². The maximum absolute atomic E-state index is 11.8. The zero-order chi connectivity index (χ0) is 17.3. The zero-order valence-electron chi connectivity index (χ0n) is 13.9. The molecule has 1 atom stereocenters. The van der Waals surface area contributed by atoms with Crippen LogP contribution in [-0.4, -0.2) is 37.0 Å². The number of aliphatic hydroxyl groups excluding tert-OH is 1. The van der Waals surface area contributed by atoms with Crippen LogP contribution in [-0.2, 0) is 6.54 Å². The fourth-order valence-electron chi connectivity index (χ4n) is 2.75. The molecule has 0 saturated carbocycles. The van der Waals surface area contributed by atoms with Crippen LogP contribution in [0, 0.1) is 20.8 Å². The molecule has 0 radical (unpaired) electrons. The standard InChI is InChI=1S/C17H20N4O3/c1-11-4-12(2)6-15(5-11)24-9-14(22)8-20-13(3)7-16(23)21-17(20)18-10-19-21/h4-7,10,14,22H,8-9H2,1-3H3. The summed E-state index contributed by atoms with van der Waals surface area (Å²) in [6, 6.07) is 7.40. The number of ether oxygens (including phenoxy) is 1. The molecule has 0 fully saturated rings. The van der Waals surface area contributed by atoms with Crippen LogP contribution in [0.25, 0.3) is 5.78 Å². The van der Waals surface area contributed by atoms with Crippen LogP contribution in [0.4, 0.5) is 0 Å². The summed E-state index contributed by atoms with van der Waals surface area (Å²) in [5.41, 5.74) is 2.70. The van der Waals surface area contributed by atoms with Crippen LogP contribution in [0.2, 0.25) is 0 Å². The van der Waals surface area contributed by atoms with Crippen molar-refractivity contribution in [3.63, 3.8) is 0 Å². The maximum atomic E-state index is 11.8. The lowest BCUT2D eigenvalue weighted by atomic mass is 10.1. The minimum atomic E-state index is -0.743. The number of aromatic nitrogens is 4. The molecule has 0 bridgehead atoms. The molecule has 1 aromatic carbocycles. The van der Waals surface area contributed by atoms with Gasteiger partial charge in [-0.25, -0.2) is 0 Å². The molecule has 7 heteroatoms. The summed E-state index contributed by atoms with van der Waals surface area (Å²) >= 11 is 0. The average molecular weight is 328 g/mol. The number of fused-ring (bicyclic) bond motifs is 1. The van der Waals surface area contributed by atoms with Crippen molar-refractivity contribution in [2.24, 2.45) is 0 Å². The molecule has 0 aliphatic carbocycles. The summed E-state index contributed by atoms with van der Waals surface area (Å²) in [7, 11) is 0. The number of rotatable bonds is 5. The Morgan fingerprint density at radius 2 is 1.88 bits per heavy atom. The van der Waals surface area contributed by atoms with Crippen molar-refractivity contribution in [3.05, 3.63) is 57.8 Å². The molecule has 0 aliphatic rings. The molecule has 24 heavy (non-hydrogen) atoms. The zero-order valence-corrected chi connectivity index (χ0v) is 13.9. The van der Waals surface area contributed by atoms with Crippen molar-refractivity contribution in [3.8, 4) is 5.75 Å². The average Bonchev–Trinajstić information content (AvgIpc) is 2.98. The molecule has 0 saturated heterocycles. The SMILES string of the molecule is Cc1cc(C)cc(OCC(O)Cn2c(C)cc(=O)n3ncnc23)c1. The largest absolute Gasteiger partial charge is 0.491 e. The fourth-order valence-corrected chi connectivity index (χ4v) is 2.75. The van der Waals surface area contributed by atoms with Gasteiger partial charge in [0, 0.05) is 11.8 Å². The Morgan fingerprint density at radius 1 is 1.17 bits per heavy atom. The molecule has 3 rings (SSSR count). The van der Waals surface area contributed by atoms with Crippen LogP contribution in [0.1, 0.15) is 16.8 Å². The van der Waals surface area contributed by atoms with E-state index in [-0.39, 0.29) is 18.7 Å². The minimum absolute atomic E-state index is 0.148. The van der Waals surface area contributed by atoms with Gasteiger partial charge in [-0.15, -0.1) is 0 Å². The quantitative estimate of drug-likeness (QED) is 0.762. The summed E-state index contributed by atoms with van der Waals surface area (Å²) in [6.07, 6.45) is 0.581. The van der Waals surface area contributed by atoms with E-state index >= 15 is 0 Å². The molecule has 0 aliphatic heterocycles. The first-order valence-electron chi connectivity index (χ1n) is 7.73. The highest BCUT2D eigenvalue weighted by atomic mass is 16.5. The van der Waals surface area contributed by atoms with Crippen molar-refractivity contribution in [1.29, 1.82) is 0 Å². The molecule has 1 unspecified atom stereocenters. The van der Waals surface area contributed by atoms with Gasteiger partial charge in [-0.05, 0) is 44.0 Å². The van der Waals surface area contributed by atoms with Gasteiger partial charge in [0.05, 0.1) is 6.54 Å².